The number of benzene rings is 1. The Morgan fingerprint density at radius 1 is 1.47 bits per heavy atom. The lowest BCUT2D eigenvalue weighted by atomic mass is 10.1. The first kappa shape index (κ1) is 14.5. The van der Waals surface area contributed by atoms with Gasteiger partial charge >= 0.3 is 0 Å². The number of carbonyl (C=O) groups is 1. The molecule has 1 aromatic rings. The van der Waals surface area contributed by atoms with Crippen LogP contribution in [0.1, 0.15) is 35.2 Å². The van der Waals surface area contributed by atoms with E-state index in [-0.39, 0.29) is 5.91 Å². The molecule has 0 spiro atoms. The second-order valence-corrected chi connectivity index (χ2v) is 5.97. The van der Waals surface area contributed by atoms with Gasteiger partial charge in [0.15, 0.2) is 0 Å². The van der Waals surface area contributed by atoms with Crippen molar-refractivity contribution in [1.82, 2.24) is 5.32 Å². The molecule has 1 aromatic carbocycles. The largest absolute Gasteiger partial charge is 0.381 e. The molecular weight excluding hydrogens is 306 g/mol. The second-order valence-electron chi connectivity index (χ2n) is 5.11. The molecule has 0 saturated heterocycles. The van der Waals surface area contributed by atoms with E-state index >= 15 is 0 Å². The van der Waals surface area contributed by atoms with Crippen LogP contribution in [0.4, 0.5) is 0 Å². The third-order valence-electron chi connectivity index (χ3n) is 3.17. The van der Waals surface area contributed by atoms with Crippen molar-refractivity contribution < 1.29 is 9.53 Å². The van der Waals surface area contributed by atoms with Gasteiger partial charge in [-0.3, -0.25) is 4.79 Å². The van der Waals surface area contributed by atoms with Crippen LogP contribution in [0.15, 0.2) is 22.7 Å². The van der Waals surface area contributed by atoms with Crippen LogP contribution in [-0.4, -0.2) is 25.7 Å². The maximum atomic E-state index is 12.0. The van der Waals surface area contributed by atoms with Gasteiger partial charge in [0.2, 0.25) is 0 Å². The van der Waals surface area contributed by atoms with Crippen molar-refractivity contribution in [3.8, 4) is 0 Å². The quantitative estimate of drug-likeness (QED) is 0.781. The third kappa shape index (κ3) is 4.96. The van der Waals surface area contributed by atoms with Gasteiger partial charge in [-0.2, -0.15) is 0 Å². The van der Waals surface area contributed by atoms with Gasteiger partial charge in [-0.15, -0.1) is 0 Å². The molecule has 1 N–H and O–H groups in total. The van der Waals surface area contributed by atoms with Crippen molar-refractivity contribution >= 4 is 21.8 Å². The van der Waals surface area contributed by atoms with Gasteiger partial charge in [-0.1, -0.05) is 11.6 Å². The zero-order chi connectivity index (χ0) is 13.7. The van der Waals surface area contributed by atoms with E-state index in [1.165, 1.54) is 12.8 Å². The maximum absolute atomic E-state index is 12.0. The van der Waals surface area contributed by atoms with E-state index in [0.717, 1.165) is 35.6 Å². The number of amides is 1. The normalized spacial score (nSPS) is 14.4. The number of rotatable bonds is 7. The average Bonchev–Trinajstić information content (AvgIpc) is 3.20. The summed E-state index contributed by atoms with van der Waals surface area (Å²) in [5.74, 6) is 0.774. The van der Waals surface area contributed by atoms with Crippen LogP contribution in [0.3, 0.4) is 0 Å². The lowest BCUT2D eigenvalue weighted by molar-refractivity contribution is 0.0936. The molecule has 0 aliphatic heterocycles. The van der Waals surface area contributed by atoms with Gasteiger partial charge < -0.3 is 10.1 Å². The van der Waals surface area contributed by atoms with Crippen LogP contribution >= 0.6 is 15.9 Å². The topological polar surface area (TPSA) is 38.3 Å². The van der Waals surface area contributed by atoms with Crippen molar-refractivity contribution in [2.75, 3.05) is 19.8 Å². The highest BCUT2D eigenvalue weighted by Gasteiger charge is 2.20. The third-order valence-corrected chi connectivity index (χ3v) is 3.86. The molecule has 0 radical (unpaired) electrons. The maximum Gasteiger partial charge on any atom is 0.252 e. The summed E-state index contributed by atoms with van der Waals surface area (Å²) >= 11 is 3.40. The van der Waals surface area contributed by atoms with Gasteiger partial charge in [-0.25, -0.2) is 0 Å². The number of carbonyl (C=O) groups excluding carboxylic acids is 1. The average molecular weight is 326 g/mol. The molecule has 0 aromatic heterocycles. The molecule has 19 heavy (non-hydrogen) atoms. The Bertz CT molecular complexity index is 444. The SMILES string of the molecule is Cc1ccc(Br)c(C(=O)NCCCOCC2CC2)c1. The van der Waals surface area contributed by atoms with Crippen molar-refractivity contribution in [1.29, 1.82) is 0 Å². The Kier molecular flexibility index (Phi) is 5.40. The summed E-state index contributed by atoms with van der Waals surface area (Å²) in [5.41, 5.74) is 1.78. The van der Waals surface area contributed by atoms with Crippen molar-refractivity contribution in [2.24, 2.45) is 5.92 Å². The number of aryl methyl sites for hydroxylation is 1. The van der Waals surface area contributed by atoms with E-state index in [9.17, 15) is 4.79 Å². The van der Waals surface area contributed by atoms with E-state index in [0.29, 0.717) is 12.1 Å². The van der Waals surface area contributed by atoms with Gasteiger partial charge in [0.05, 0.1) is 5.56 Å². The number of hydrogen-bond acceptors (Lipinski definition) is 2. The lowest BCUT2D eigenvalue weighted by Gasteiger charge is -2.08. The molecule has 1 amide bonds. The minimum atomic E-state index is -0.0298. The highest BCUT2D eigenvalue weighted by molar-refractivity contribution is 9.10. The summed E-state index contributed by atoms with van der Waals surface area (Å²) in [6.07, 6.45) is 3.50. The minimum Gasteiger partial charge on any atom is -0.381 e. The molecule has 104 valence electrons. The molecule has 3 nitrogen and oxygen atoms in total. The van der Waals surface area contributed by atoms with Gasteiger partial charge in [0.25, 0.3) is 5.91 Å². The van der Waals surface area contributed by atoms with Crippen LogP contribution in [0.25, 0.3) is 0 Å². The predicted octanol–water partition coefficient (Wildman–Crippen LogP) is 3.30. The Balaban J connectivity index is 1.66. The van der Waals surface area contributed by atoms with Crippen molar-refractivity contribution in [2.45, 2.75) is 26.2 Å². The van der Waals surface area contributed by atoms with Crippen LogP contribution < -0.4 is 5.32 Å². The predicted molar refractivity (Wildman–Crippen MR) is 79.4 cm³/mol. The van der Waals surface area contributed by atoms with Crippen LogP contribution in [0.5, 0.6) is 0 Å². The Morgan fingerprint density at radius 2 is 2.26 bits per heavy atom. The molecule has 1 aliphatic carbocycles. The van der Waals surface area contributed by atoms with E-state index in [4.69, 9.17) is 4.74 Å². The molecule has 1 saturated carbocycles. The first-order chi connectivity index (χ1) is 9.16. The summed E-state index contributed by atoms with van der Waals surface area (Å²) in [6, 6.07) is 5.78. The minimum absolute atomic E-state index is 0.0298. The summed E-state index contributed by atoms with van der Waals surface area (Å²) in [6.45, 7) is 4.25. The number of hydrogen-bond donors (Lipinski definition) is 1. The van der Waals surface area contributed by atoms with Gasteiger partial charge in [0.1, 0.15) is 0 Å². The fraction of sp³-hybridized carbons (Fsp3) is 0.533. The zero-order valence-corrected chi connectivity index (χ0v) is 12.8. The van der Waals surface area contributed by atoms with Crippen molar-refractivity contribution in [3.05, 3.63) is 33.8 Å². The molecule has 0 unspecified atom stereocenters. The summed E-state index contributed by atoms with van der Waals surface area (Å²) in [5, 5.41) is 2.92. The molecule has 2 rings (SSSR count). The second kappa shape index (κ2) is 7.06. The van der Waals surface area contributed by atoms with E-state index < -0.39 is 0 Å². The molecule has 0 bridgehead atoms. The van der Waals surface area contributed by atoms with Gasteiger partial charge in [0, 0.05) is 24.2 Å². The number of nitrogens with one attached hydrogen (secondary N) is 1. The number of ether oxygens (including phenoxy) is 1. The van der Waals surface area contributed by atoms with E-state index in [1.807, 2.05) is 25.1 Å². The van der Waals surface area contributed by atoms with E-state index in [2.05, 4.69) is 21.2 Å². The van der Waals surface area contributed by atoms with E-state index in [1.54, 1.807) is 0 Å². The van der Waals surface area contributed by atoms with Crippen molar-refractivity contribution in [3.63, 3.8) is 0 Å². The summed E-state index contributed by atoms with van der Waals surface area (Å²) < 4.78 is 6.36. The standard InChI is InChI=1S/C15H20BrNO2/c1-11-3-6-14(16)13(9-11)15(18)17-7-2-8-19-10-12-4-5-12/h3,6,9,12H,2,4-5,7-8,10H2,1H3,(H,17,18). The molecule has 4 heteroatoms. The first-order valence-corrected chi connectivity index (χ1v) is 7.58. The lowest BCUT2D eigenvalue weighted by Crippen LogP contribution is -2.25. The fourth-order valence-corrected chi connectivity index (χ4v) is 2.25. The zero-order valence-electron chi connectivity index (χ0n) is 11.2. The summed E-state index contributed by atoms with van der Waals surface area (Å²) in [7, 11) is 0. The monoisotopic (exact) mass is 325 g/mol. The molecule has 1 fully saturated rings. The molecular formula is C15H20BrNO2. The Hall–Kier alpha value is -0.870. The Labute approximate surface area is 122 Å². The first-order valence-electron chi connectivity index (χ1n) is 6.79. The summed E-state index contributed by atoms with van der Waals surface area (Å²) in [4.78, 5) is 12.0. The highest BCUT2D eigenvalue weighted by atomic mass is 79.9. The number of halogens is 1. The smallest absolute Gasteiger partial charge is 0.252 e. The Morgan fingerprint density at radius 3 is 3.00 bits per heavy atom. The van der Waals surface area contributed by atoms with Crippen LogP contribution in [0, 0.1) is 12.8 Å². The molecule has 0 atom stereocenters. The fourth-order valence-electron chi connectivity index (χ4n) is 1.82. The van der Waals surface area contributed by atoms with Crippen LogP contribution in [0.2, 0.25) is 0 Å². The highest BCUT2D eigenvalue weighted by Crippen LogP contribution is 2.28. The van der Waals surface area contributed by atoms with Gasteiger partial charge in [-0.05, 0) is 60.2 Å². The molecule has 1 aliphatic rings. The molecule has 0 heterocycles. The van der Waals surface area contributed by atoms with Crippen LogP contribution in [-0.2, 0) is 4.74 Å².